The van der Waals surface area contributed by atoms with Gasteiger partial charge in [0.25, 0.3) is 0 Å². The molecule has 0 spiro atoms. The third-order valence-electron chi connectivity index (χ3n) is 3.87. The summed E-state index contributed by atoms with van der Waals surface area (Å²) in [5, 5.41) is 0. The molecule has 4 rings (SSSR count). The lowest BCUT2D eigenvalue weighted by molar-refractivity contribution is 0.959. The normalized spacial score (nSPS) is 19.6. The van der Waals surface area contributed by atoms with Crippen molar-refractivity contribution in [2.75, 3.05) is 0 Å². The summed E-state index contributed by atoms with van der Waals surface area (Å²) in [7, 11) is 0. The maximum absolute atomic E-state index is 3.58. The Morgan fingerprint density at radius 1 is 0.944 bits per heavy atom. The van der Waals surface area contributed by atoms with E-state index in [2.05, 4.69) is 66.8 Å². The van der Waals surface area contributed by atoms with E-state index in [1.165, 1.54) is 27.8 Å². The summed E-state index contributed by atoms with van der Waals surface area (Å²) in [6, 6.07) is 17.2. The highest BCUT2D eigenvalue weighted by atomic mass is 14.3. The smallest absolute Gasteiger partial charge is 0.0250 e. The summed E-state index contributed by atoms with van der Waals surface area (Å²) in [6.45, 7) is 0. The van der Waals surface area contributed by atoms with Crippen molar-refractivity contribution in [2.24, 2.45) is 0 Å². The van der Waals surface area contributed by atoms with Crippen molar-refractivity contribution in [1.29, 1.82) is 0 Å². The first-order chi connectivity index (χ1) is 8.92. The van der Waals surface area contributed by atoms with E-state index < -0.39 is 0 Å². The fraction of sp³-hybridized carbons (Fsp3) is 0.111. The Labute approximate surface area is 107 Å². The molecule has 18 heavy (non-hydrogen) atoms. The van der Waals surface area contributed by atoms with Crippen LogP contribution in [-0.4, -0.2) is 0 Å². The number of benzene rings is 2. The standard InChI is InChI=1S/C18H13/c1-2-7-15-12-16(11-14(15)6-1)18-10-9-13-5-3-4-8-17(13)18/h1-10,18H,11H2. The van der Waals surface area contributed by atoms with Crippen molar-refractivity contribution >= 4 is 6.08 Å². The molecular formula is C18H13. The monoisotopic (exact) mass is 229 g/mol. The molecule has 0 bridgehead atoms. The summed E-state index contributed by atoms with van der Waals surface area (Å²) in [5.74, 6) is 0.425. The van der Waals surface area contributed by atoms with Crippen molar-refractivity contribution in [3.05, 3.63) is 88.5 Å². The first kappa shape index (κ1) is 9.90. The Kier molecular flexibility index (Phi) is 2.04. The number of hydrogen-bond acceptors (Lipinski definition) is 0. The van der Waals surface area contributed by atoms with Crippen LogP contribution in [0.4, 0.5) is 0 Å². The lowest BCUT2D eigenvalue weighted by Crippen LogP contribution is -1.98. The van der Waals surface area contributed by atoms with Crippen molar-refractivity contribution in [3.63, 3.8) is 0 Å². The van der Waals surface area contributed by atoms with Gasteiger partial charge in [-0.1, -0.05) is 60.7 Å². The van der Waals surface area contributed by atoms with Gasteiger partial charge in [-0.05, 0) is 40.3 Å². The molecule has 0 heterocycles. The van der Waals surface area contributed by atoms with Crippen molar-refractivity contribution < 1.29 is 0 Å². The van der Waals surface area contributed by atoms with E-state index in [1.54, 1.807) is 0 Å². The van der Waals surface area contributed by atoms with Gasteiger partial charge in [-0.3, -0.25) is 0 Å². The topological polar surface area (TPSA) is 0 Å². The largest absolute Gasteiger partial charge is 0.0723 e. The molecule has 2 aromatic carbocycles. The third kappa shape index (κ3) is 1.39. The molecule has 0 heteroatoms. The van der Waals surface area contributed by atoms with E-state index in [9.17, 15) is 0 Å². The molecule has 85 valence electrons. The van der Waals surface area contributed by atoms with Gasteiger partial charge in [0.1, 0.15) is 0 Å². The highest BCUT2D eigenvalue weighted by molar-refractivity contribution is 5.65. The molecule has 0 saturated heterocycles. The van der Waals surface area contributed by atoms with Gasteiger partial charge in [0.2, 0.25) is 0 Å². The molecule has 1 unspecified atom stereocenters. The molecule has 0 fully saturated rings. The van der Waals surface area contributed by atoms with Gasteiger partial charge in [-0.15, -0.1) is 0 Å². The molecule has 0 amide bonds. The zero-order valence-electron chi connectivity index (χ0n) is 10.1. The molecule has 2 aromatic rings. The van der Waals surface area contributed by atoms with Crippen molar-refractivity contribution in [3.8, 4) is 0 Å². The average Bonchev–Trinajstić information content (AvgIpc) is 3.02. The maximum atomic E-state index is 3.58. The molecule has 0 N–H and O–H groups in total. The molecule has 1 radical (unpaired) electrons. The zero-order valence-corrected chi connectivity index (χ0v) is 10.1. The van der Waals surface area contributed by atoms with Crippen molar-refractivity contribution in [1.82, 2.24) is 0 Å². The highest BCUT2D eigenvalue weighted by Crippen LogP contribution is 2.39. The van der Waals surface area contributed by atoms with E-state index in [1.807, 2.05) is 0 Å². The SMILES string of the molecule is [C]1=C(C2C=Cc3ccccc32)Cc2ccccc21. The molecule has 0 saturated carbocycles. The summed E-state index contributed by atoms with van der Waals surface area (Å²) in [5.41, 5.74) is 6.86. The van der Waals surface area contributed by atoms with Gasteiger partial charge >= 0.3 is 0 Å². The van der Waals surface area contributed by atoms with Crippen LogP contribution < -0.4 is 0 Å². The Balaban J connectivity index is 1.75. The first-order valence-electron chi connectivity index (χ1n) is 6.39. The predicted octanol–water partition coefficient (Wildman–Crippen LogP) is 4.13. The first-order valence-corrected chi connectivity index (χ1v) is 6.39. The minimum Gasteiger partial charge on any atom is -0.0723 e. The molecule has 1 atom stereocenters. The van der Waals surface area contributed by atoms with E-state index in [-0.39, 0.29) is 0 Å². The average molecular weight is 229 g/mol. The van der Waals surface area contributed by atoms with Crippen LogP contribution in [0.5, 0.6) is 0 Å². The summed E-state index contributed by atoms with van der Waals surface area (Å²) < 4.78 is 0. The second-order valence-electron chi connectivity index (χ2n) is 4.95. The lowest BCUT2D eigenvalue weighted by Gasteiger charge is -2.12. The van der Waals surface area contributed by atoms with E-state index in [0.29, 0.717) is 5.92 Å². The summed E-state index contributed by atoms with van der Waals surface area (Å²) in [4.78, 5) is 0. The highest BCUT2D eigenvalue weighted by Gasteiger charge is 2.24. The quantitative estimate of drug-likeness (QED) is 0.689. The fourth-order valence-corrected chi connectivity index (χ4v) is 2.96. The summed E-state index contributed by atoms with van der Waals surface area (Å²) >= 11 is 0. The molecule has 0 nitrogen and oxygen atoms in total. The Morgan fingerprint density at radius 2 is 1.78 bits per heavy atom. The summed E-state index contributed by atoms with van der Waals surface area (Å²) in [6.07, 6.45) is 9.16. The van der Waals surface area contributed by atoms with Gasteiger partial charge in [0.05, 0.1) is 0 Å². The molecule has 2 aliphatic carbocycles. The number of rotatable bonds is 1. The van der Waals surface area contributed by atoms with Gasteiger partial charge in [-0.2, -0.15) is 0 Å². The van der Waals surface area contributed by atoms with Crippen LogP contribution in [0.3, 0.4) is 0 Å². The molecular weight excluding hydrogens is 216 g/mol. The second-order valence-corrected chi connectivity index (χ2v) is 4.95. The van der Waals surface area contributed by atoms with Crippen LogP contribution in [0.1, 0.15) is 28.2 Å². The van der Waals surface area contributed by atoms with Crippen LogP contribution in [0.2, 0.25) is 0 Å². The van der Waals surface area contributed by atoms with Crippen LogP contribution in [0, 0.1) is 6.08 Å². The minimum atomic E-state index is 0.425. The number of fused-ring (bicyclic) bond motifs is 2. The fourth-order valence-electron chi connectivity index (χ4n) is 2.96. The van der Waals surface area contributed by atoms with Crippen molar-refractivity contribution in [2.45, 2.75) is 12.3 Å². The van der Waals surface area contributed by atoms with Crippen LogP contribution in [0.25, 0.3) is 6.08 Å². The predicted molar refractivity (Wildman–Crippen MR) is 74.2 cm³/mol. The lowest BCUT2D eigenvalue weighted by atomic mass is 9.92. The second kappa shape index (κ2) is 3.71. The Bertz CT molecular complexity index is 674. The maximum Gasteiger partial charge on any atom is 0.0250 e. The van der Waals surface area contributed by atoms with Gasteiger partial charge in [-0.25, -0.2) is 0 Å². The molecule has 0 aliphatic heterocycles. The Hall–Kier alpha value is -2.08. The number of allylic oxidation sites excluding steroid dienone is 2. The van der Waals surface area contributed by atoms with Crippen LogP contribution in [0.15, 0.2) is 60.2 Å². The Morgan fingerprint density at radius 3 is 2.72 bits per heavy atom. The van der Waals surface area contributed by atoms with Gasteiger partial charge < -0.3 is 0 Å². The number of hydrogen-bond donors (Lipinski definition) is 0. The third-order valence-corrected chi connectivity index (χ3v) is 3.87. The minimum absolute atomic E-state index is 0.425. The van der Waals surface area contributed by atoms with Gasteiger partial charge in [0.15, 0.2) is 0 Å². The van der Waals surface area contributed by atoms with Crippen LogP contribution in [-0.2, 0) is 6.42 Å². The molecule has 2 aliphatic rings. The zero-order chi connectivity index (χ0) is 11.9. The molecule has 0 aromatic heterocycles. The van der Waals surface area contributed by atoms with Crippen LogP contribution >= 0.6 is 0 Å². The van der Waals surface area contributed by atoms with E-state index in [4.69, 9.17) is 0 Å². The van der Waals surface area contributed by atoms with E-state index >= 15 is 0 Å². The van der Waals surface area contributed by atoms with Gasteiger partial charge in [0, 0.05) is 5.92 Å². The van der Waals surface area contributed by atoms with E-state index in [0.717, 1.165) is 6.42 Å².